The molecule has 0 aromatic carbocycles. The summed E-state index contributed by atoms with van der Waals surface area (Å²) >= 11 is 0. The van der Waals surface area contributed by atoms with E-state index in [2.05, 4.69) is 5.32 Å². The fourth-order valence-corrected chi connectivity index (χ4v) is 0.696. The first-order chi connectivity index (χ1) is 5.98. The Bertz CT molecular complexity index is 129. The highest BCUT2D eigenvalue weighted by Gasteiger charge is 2.37. The number of hydrogen-bond donors (Lipinski definition) is 2. The molecular formula is C7H14F3NO2. The van der Waals surface area contributed by atoms with Crippen LogP contribution in [0.2, 0.25) is 0 Å². The van der Waals surface area contributed by atoms with Gasteiger partial charge in [0, 0.05) is 20.3 Å². The zero-order valence-electron chi connectivity index (χ0n) is 7.40. The van der Waals surface area contributed by atoms with Crippen molar-refractivity contribution >= 4 is 0 Å². The van der Waals surface area contributed by atoms with Gasteiger partial charge in [-0.2, -0.15) is 13.2 Å². The summed E-state index contributed by atoms with van der Waals surface area (Å²) in [5, 5.41) is 11.0. The van der Waals surface area contributed by atoms with Gasteiger partial charge in [-0.3, -0.25) is 0 Å². The Kier molecular flexibility index (Phi) is 6.02. The van der Waals surface area contributed by atoms with Crippen LogP contribution in [0.4, 0.5) is 13.2 Å². The highest BCUT2D eigenvalue weighted by atomic mass is 19.4. The Labute approximate surface area is 74.9 Å². The molecule has 80 valence electrons. The minimum atomic E-state index is -4.53. The summed E-state index contributed by atoms with van der Waals surface area (Å²) < 4.78 is 39.8. The van der Waals surface area contributed by atoms with Gasteiger partial charge in [0.1, 0.15) is 0 Å². The number of halogens is 3. The molecule has 0 heterocycles. The Hall–Kier alpha value is -0.330. The zero-order valence-corrected chi connectivity index (χ0v) is 7.40. The van der Waals surface area contributed by atoms with E-state index in [0.29, 0.717) is 19.6 Å². The Morgan fingerprint density at radius 2 is 2.08 bits per heavy atom. The zero-order chi connectivity index (χ0) is 10.3. The average Bonchev–Trinajstić information content (AvgIpc) is 2.02. The van der Waals surface area contributed by atoms with Crippen LogP contribution >= 0.6 is 0 Å². The molecule has 0 amide bonds. The maximum Gasteiger partial charge on any atom is 0.415 e. The monoisotopic (exact) mass is 201 g/mol. The van der Waals surface area contributed by atoms with Gasteiger partial charge in [-0.1, -0.05) is 0 Å². The van der Waals surface area contributed by atoms with Gasteiger partial charge < -0.3 is 15.2 Å². The second-order valence-electron chi connectivity index (χ2n) is 2.61. The SMILES string of the molecule is COCCCNC[C@@H](O)C(F)(F)F. The summed E-state index contributed by atoms with van der Waals surface area (Å²) in [6.07, 6.45) is -6.19. The first kappa shape index (κ1) is 12.7. The van der Waals surface area contributed by atoms with Crippen molar-refractivity contribution in [1.82, 2.24) is 5.32 Å². The van der Waals surface area contributed by atoms with E-state index < -0.39 is 18.8 Å². The van der Waals surface area contributed by atoms with Gasteiger partial charge in [-0.15, -0.1) is 0 Å². The van der Waals surface area contributed by atoms with E-state index in [-0.39, 0.29) is 0 Å². The molecule has 0 fully saturated rings. The molecule has 13 heavy (non-hydrogen) atoms. The molecule has 0 spiro atoms. The smallest absolute Gasteiger partial charge is 0.385 e. The van der Waals surface area contributed by atoms with Crippen LogP contribution in [0, 0.1) is 0 Å². The molecule has 0 aliphatic carbocycles. The highest BCUT2D eigenvalue weighted by Crippen LogP contribution is 2.18. The minimum absolute atomic E-state index is 0.404. The van der Waals surface area contributed by atoms with Crippen LogP contribution in [0.5, 0.6) is 0 Å². The van der Waals surface area contributed by atoms with Crippen molar-refractivity contribution in [3.05, 3.63) is 0 Å². The third-order valence-electron chi connectivity index (χ3n) is 1.42. The lowest BCUT2D eigenvalue weighted by molar-refractivity contribution is -0.201. The number of aliphatic hydroxyl groups is 1. The molecule has 0 radical (unpaired) electrons. The second kappa shape index (κ2) is 6.17. The molecule has 0 bridgehead atoms. The molecule has 0 aliphatic rings. The van der Waals surface area contributed by atoms with Crippen molar-refractivity contribution in [1.29, 1.82) is 0 Å². The first-order valence-electron chi connectivity index (χ1n) is 3.93. The molecule has 0 unspecified atom stereocenters. The molecule has 0 aliphatic heterocycles. The molecular weight excluding hydrogens is 187 g/mol. The van der Waals surface area contributed by atoms with Crippen molar-refractivity contribution in [2.75, 3.05) is 26.8 Å². The summed E-state index contributed by atoms with van der Waals surface area (Å²) in [5.41, 5.74) is 0. The van der Waals surface area contributed by atoms with Crippen molar-refractivity contribution in [2.24, 2.45) is 0 Å². The van der Waals surface area contributed by atoms with E-state index in [0.717, 1.165) is 0 Å². The molecule has 6 heteroatoms. The van der Waals surface area contributed by atoms with Gasteiger partial charge in [0.2, 0.25) is 0 Å². The second-order valence-corrected chi connectivity index (χ2v) is 2.61. The van der Waals surface area contributed by atoms with Gasteiger partial charge in [0.25, 0.3) is 0 Å². The number of methoxy groups -OCH3 is 1. The lowest BCUT2D eigenvalue weighted by atomic mass is 10.3. The van der Waals surface area contributed by atoms with Crippen LogP contribution in [-0.2, 0) is 4.74 Å². The summed E-state index contributed by atoms with van der Waals surface area (Å²) in [5.74, 6) is 0. The van der Waals surface area contributed by atoms with Crippen LogP contribution in [0.15, 0.2) is 0 Å². The first-order valence-corrected chi connectivity index (χ1v) is 3.93. The largest absolute Gasteiger partial charge is 0.415 e. The molecule has 0 rings (SSSR count). The van der Waals surface area contributed by atoms with Crippen molar-refractivity contribution in [3.63, 3.8) is 0 Å². The summed E-state index contributed by atoms with van der Waals surface area (Å²) in [4.78, 5) is 0. The molecule has 2 N–H and O–H groups in total. The highest BCUT2D eigenvalue weighted by molar-refractivity contribution is 4.67. The number of ether oxygens (including phenoxy) is 1. The molecule has 0 saturated carbocycles. The van der Waals surface area contributed by atoms with E-state index in [1.807, 2.05) is 0 Å². The van der Waals surface area contributed by atoms with E-state index in [4.69, 9.17) is 9.84 Å². The van der Waals surface area contributed by atoms with Gasteiger partial charge in [-0.25, -0.2) is 0 Å². The topological polar surface area (TPSA) is 41.5 Å². The maximum atomic E-state index is 11.7. The van der Waals surface area contributed by atoms with Crippen LogP contribution < -0.4 is 5.32 Å². The predicted octanol–water partition coefficient (Wildman–Crippen LogP) is 0.536. The molecule has 0 aromatic heterocycles. The fraction of sp³-hybridized carbons (Fsp3) is 1.00. The summed E-state index contributed by atoms with van der Waals surface area (Å²) in [7, 11) is 1.52. The van der Waals surface area contributed by atoms with E-state index in [1.54, 1.807) is 0 Å². The number of aliphatic hydroxyl groups excluding tert-OH is 1. The minimum Gasteiger partial charge on any atom is -0.385 e. The number of rotatable bonds is 6. The standard InChI is InChI=1S/C7H14F3NO2/c1-13-4-2-3-11-5-6(12)7(8,9)10/h6,11-12H,2-5H2,1H3/t6-/m1/s1. The van der Waals surface area contributed by atoms with Gasteiger partial charge in [0.15, 0.2) is 6.10 Å². The van der Waals surface area contributed by atoms with E-state index in [9.17, 15) is 13.2 Å². The van der Waals surface area contributed by atoms with E-state index in [1.165, 1.54) is 7.11 Å². The maximum absolute atomic E-state index is 11.7. The number of nitrogens with one attached hydrogen (secondary N) is 1. The predicted molar refractivity (Wildman–Crippen MR) is 41.4 cm³/mol. The van der Waals surface area contributed by atoms with Crippen LogP contribution in [0.25, 0.3) is 0 Å². The summed E-state index contributed by atoms with van der Waals surface area (Å²) in [6, 6.07) is 0. The Morgan fingerprint density at radius 3 is 2.54 bits per heavy atom. The van der Waals surface area contributed by atoms with Crippen molar-refractivity contribution in [3.8, 4) is 0 Å². The lowest BCUT2D eigenvalue weighted by Crippen LogP contribution is -2.38. The van der Waals surface area contributed by atoms with Crippen molar-refractivity contribution < 1.29 is 23.0 Å². The quantitative estimate of drug-likeness (QED) is 0.616. The normalized spacial score (nSPS) is 14.5. The van der Waals surface area contributed by atoms with Crippen LogP contribution in [0.1, 0.15) is 6.42 Å². The van der Waals surface area contributed by atoms with E-state index >= 15 is 0 Å². The molecule has 0 aromatic rings. The van der Waals surface area contributed by atoms with Gasteiger partial charge in [0.05, 0.1) is 0 Å². The Morgan fingerprint density at radius 1 is 1.46 bits per heavy atom. The van der Waals surface area contributed by atoms with Crippen molar-refractivity contribution in [2.45, 2.75) is 18.7 Å². The summed E-state index contributed by atoms with van der Waals surface area (Å²) in [6.45, 7) is 0.434. The lowest BCUT2D eigenvalue weighted by Gasteiger charge is -2.14. The molecule has 1 atom stereocenters. The fourth-order valence-electron chi connectivity index (χ4n) is 0.696. The number of hydrogen-bond acceptors (Lipinski definition) is 3. The van der Waals surface area contributed by atoms with Gasteiger partial charge >= 0.3 is 6.18 Å². The van der Waals surface area contributed by atoms with Gasteiger partial charge in [-0.05, 0) is 13.0 Å². The molecule has 0 saturated heterocycles. The molecule has 3 nitrogen and oxygen atoms in total. The number of alkyl halides is 3. The average molecular weight is 201 g/mol. The third kappa shape index (κ3) is 6.80. The third-order valence-corrected chi connectivity index (χ3v) is 1.42. The van der Waals surface area contributed by atoms with Crippen LogP contribution in [-0.4, -0.2) is 44.2 Å². The van der Waals surface area contributed by atoms with Crippen LogP contribution in [0.3, 0.4) is 0 Å². The Balaban J connectivity index is 3.32.